The third kappa shape index (κ3) is 3.60. The normalized spacial score (nSPS) is 15.8. The van der Waals surface area contributed by atoms with E-state index in [1.807, 2.05) is 24.3 Å². The van der Waals surface area contributed by atoms with Gasteiger partial charge in [-0.2, -0.15) is 0 Å². The molecule has 0 atom stereocenters. The molecule has 0 aliphatic carbocycles. The summed E-state index contributed by atoms with van der Waals surface area (Å²) >= 11 is 0. The maximum atomic E-state index is 11.4. The van der Waals surface area contributed by atoms with E-state index in [1.54, 1.807) is 6.20 Å². The molecule has 1 aliphatic rings. The van der Waals surface area contributed by atoms with Crippen molar-refractivity contribution in [1.82, 2.24) is 9.88 Å². The number of aliphatic hydroxyl groups excluding tert-OH is 1. The van der Waals surface area contributed by atoms with Gasteiger partial charge in [0.1, 0.15) is 0 Å². The number of pyridine rings is 1. The fourth-order valence-corrected chi connectivity index (χ4v) is 3.04. The highest BCUT2D eigenvalue weighted by atomic mass is 16.3. The van der Waals surface area contributed by atoms with Crippen molar-refractivity contribution in [2.45, 2.75) is 6.92 Å². The van der Waals surface area contributed by atoms with E-state index in [9.17, 15) is 4.79 Å². The summed E-state index contributed by atoms with van der Waals surface area (Å²) in [5.74, 6) is -0.0769. The van der Waals surface area contributed by atoms with Crippen LogP contribution >= 0.6 is 0 Å². The molecule has 0 bridgehead atoms. The van der Waals surface area contributed by atoms with E-state index in [4.69, 9.17) is 5.11 Å². The van der Waals surface area contributed by atoms with E-state index in [0.717, 1.165) is 55.0 Å². The van der Waals surface area contributed by atoms with E-state index in [-0.39, 0.29) is 12.5 Å². The van der Waals surface area contributed by atoms with E-state index in [0.29, 0.717) is 0 Å². The van der Waals surface area contributed by atoms with Gasteiger partial charge >= 0.3 is 0 Å². The monoisotopic (exact) mass is 314 g/mol. The Morgan fingerprint density at radius 1 is 1.30 bits per heavy atom. The largest absolute Gasteiger partial charge is 0.395 e. The molecule has 6 heteroatoms. The van der Waals surface area contributed by atoms with Crippen LogP contribution in [-0.2, 0) is 4.79 Å². The number of rotatable bonds is 4. The van der Waals surface area contributed by atoms with Crippen molar-refractivity contribution >= 4 is 28.2 Å². The molecule has 1 aromatic heterocycles. The lowest BCUT2D eigenvalue weighted by Crippen LogP contribution is -2.47. The Morgan fingerprint density at radius 2 is 2.09 bits per heavy atom. The summed E-state index contributed by atoms with van der Waals surface area (Å²) in [7, 11) is 0. The van der Waals surface area contributed by atoms with Crippen LogP contribution in [0.2, 0.25) is 0 Å². The molecule has 6 nitrogen and oxygen atoms in total. The first-order valence-electron chi connectivity index (χ1n) is 7.92. The summed E-state index contributed by atoms with van der Waals surface area (Å²) < 4.78 is 0. The predicted molar refractivity (Wildman–Crippen MR) is 91.8 cm³/mol. The molecule has 0 saturated carbocycles. The molecule has 2 N–H and O–H groups in total. The van der Waals surface area contributed by atoms with Gasteiger partial charge in [-0.05, 0) is 18.2 Å². The van der Waals surface area contributed by atoms with Crippen LogP contribution in [0.25, 0.3) is 10.9 Å². The average molecular weight is 314 g/mol. The molecule has 1 fully saturated rings. The van der Waals surface area contributed by atoms with Crippen molar-refractivity contribution in [2.75, 3.05) is 49.5 Å². The number of amides is 1. The van der Waals surface area contributed by atoms with Gasteiger partial charge in [-0.25, -0.2) is 0 Å². The van der Waals surface area contributed by atoms with Gasteiger partial charge in [-0.15, -0.1) is 0 Å². The second-order valence-corrected chi connectivity index (χ2v) is 5.80. The first-order chi connectivity index (χ1) is 11.2. The molecule has 3 rings (SSSR count). The SMILES string of the molecule is CC(=O)Nc1cc(N2CCN(CCO)CC2)c2ncccc2c1. The summed E-state index contributed by atoms with van der Waals surface area (Å²) in [5, 5.41) is 12.9. The minimum atomic E-state index is -0.0769. The Labute approximate surface area is 135 Å². The lowest BCUT2D eigenvalue weighted by Gasteiger charge is -2.36. The smallest absolute Gasteiger partial charge is 0.221 e. The van der Waals surface area contributed by atoms with E-state index >= 15 is 0 Å². The second-order valence-electron chi connectivity index (χ2n) is 5.80. The quantitative estimate of drug-likeness (QED) is 0.890. The lowest BCUT2D eigenvalue weighted by molar-refractivity contribution is -0.114. The maximum Gasteiger partial charge on any atom is 0.221 e. The number of anilines is 2. The number of fused-ring (bicyclic) bond motifs is 1. The van der Waals surface area contributed by atoms with Gasteiger partial charge in [0.15, 0.2) is 0 Å². The number of carbonyl (C=O) groups excluding carboxylic acids is 1. The fraction of sp³-hybridized carbons (Fsp3) is 0.412. The average Bonchev–Trinajstić information content (AvgIpc) is 2.54. The molecule has 0 unspecified atom stereocenters. The Morgan fingerprint density at radius 3 is 2.78 bits per heavy atom. The summed E-state index contributed by atoms with van der Waals surface area (Å²) in [5.41, 5.74) is 2.80. The second kappa shape index (κ2) is 6.93. The van der Waals surface area contributed by atoms with Crippen LogP contribution in [-0.4, -0.2) is 60.2 Å². The van der Waals surface area contributed by atoms with Crippen LogP contribution in [0.1, 0.15) is 6.92 Å². The number of aromatic nitrogens is 1. The number of aliphatic hydroxyl groups is 1. The van der Waals surface area contributed by atoms with Crippen molar-refractivity contribution in [1.29, 1.82) is 0 Å². The van der Waals surface area contributed by atoms with Crippen LogP contribution in [0.4, 0.5) is 11.4 Å². The van der Waals surface area contributed by atoms with E-state index in [2.05, 4.69) is 20.1 Å². The van der Waals surface area contributed by atoms with E-state index in [1.165, 1.54) is 6.92 Å². The van der Waals surface area contributed by atoms with Gasteiger partial charge in [-0.3, -0.25) is 14.7 Å². The first-order valence-corrected chi connectivity index (χ1v) is 7.92. The number of hydrogen-bond donors (Lipinski definition) is 2. The number of carbonyl (C=O) groups is 1. The maximum absolute atomic E-state index is 11.4. The zero-order valence-corrected chi connectivity index (χ0v) is 13.3. The predicted octanol–water partition coefficient (Wildman–Crippen LogP) is 1.31. The molecule has 0 radical (unpaired) electrons. The lowest BCUT2D eigenvalue weighted by atomic mass is 10.1. The number of hydrogen-bond acceptors (Lipinski definition) is 5. The minimum absolute atomic E-state index is 0.0769. The summed E-state index contributed by atoms with van der Waals surface area (Å²) in [6.45, 7) is 6.03. The van der Waals surface area contributed by atoms with E-state index < -0.39 is 0 Å². The Hall–Kier alpha value is -2.18. The summed E-state index contributed by atoms with van der Waals surface area (Å²) in [6, 6.07) is 7.87. The molecule has 2 heterocycles. The van der Waals surface area contributed by atoms with Gasteiger partial charge in [-0.1, -0.05) is 6.07 Å². The van der Waals surface area contributed by atoms with Crippen molar-refractivity contribution in [3.05, 3.63) is 30.5 Å². The fourth-order valence-electron chi connectivity index (χ4n) is 3.04. The van der Waals surface area contributed by atoms with Gasteiger partial charge in [0.25, 0.3) is 0 Å². The molecular weight excluding hydrogens is 292 g/mol. The van der Waals surface area contributed by atoms with Gasteiger partial charge in [0, 0.05) is 56.9 Å². The molecular formula is C17H22N4O2. The van der Waals surface area contributed by atoms with Crippen molar-refractivity contribution in [3.63, 3.8) is 0 Å². The van der Waals surface area contributed by atoms with Gasteiger partial charge in [0.2, 0.25) is 5.91 Å². The number of β-amino-alcohol motifs (C(OH)–C–C–N with tert-alkyl or cyclic N) is 1. The van der Waals surface area contributed by atoms with Crippen molar-refractivity contribution in [2.24, 2.45) is 0 Å². The summed E-state index contributed by atoms with van der Waals surface area (Å²) in [4.78, 5) is 20.5. The van der Waals surface area contributed by atoms with Crippen LogP contribution in [0.5, 0.6) is 0 Å². The number of nitrogens with zero attached hydrogens (tertiary/aromatic N) is 3. The van der Waals surface area contributed by atoms with Crippen LogP contribution < -0.4 is 10.2 Å². The Balaban J connectivity index is 1.91. The molecule has 1 aromatic carbocycles. The highest BCUT2D eigenvalue weighted by molar-refractivity contribution is 5.98. The third-order valence-electron chi connectivity index (χ3n) is 4.13. The minimum Gasteiger partial charge on any atom is -0.395 e. The number of benzene rings is 1. The molecule has 1 aliphatic heterocycles. The first kappa shape index (κ1) is 15.7. The zero-order chi connectivity index (χ0) is 16.2. The van der Waals surface area contributed by atoms with Gasteiger partial charge in [0.05, 0.1) is 17.8 Å². The Kier molecular flexibility index (Phi) is 4.73. The third-order valence-corrected chi connectivity index (χ3v) is 4.13. The summed E-state index contributed by atoms with van der Waals surface area (Å²) in [6.07, 6.45) is 1.80. The zero-order valence-electron chi connectivity index (χ0n) is 13.3. The molecule has 1 saturated heterocycles. The topological polar surface area (TPSA) is 68.7 Å². The molecule has 0 spiro atoms. The molecule has 122 valence electrons. The standard InChI is InChI=1S/C17H22N4O2/c1-13(23)19-15-11-14-3-2-4-18-17(14)16(12-15)21-7-5-20(6-8-21)9-10-22/h2-4,11-12,22H,5-10H2,1H3,(H,19,23). The molecule has 23 heavy (non-hydrogen) atoms. The van der Waals surface area contributed by atoms with Crippen molar-refractivity contribution < 1.29 is 9.90 Å². The van der Waals surface area contributed by atoms with Crippen LogP contribution in [0, 0.1) is 0 Å². The Bertz CT molecular complexity index is 696. The van der Waals surface area contributed by atoms with Crippen LogP contribution in [0.15, 0.2) is 30.5 Å². The number of nitrogens with one attached hydrogen (secondary N) is 1. The van der Waals surface area contributed by atoms with Gasteiger partial charge < -0.3 is 15.3 Å². The highest BCUT2D eigenvalue weighted by Gasteiger charge is 2.19. The highest BCUT2D eigenvalue weighted by Crippen LogP contribution is 2.30. The number of piperazine rings is 1. The molecule has 2 aromatic rings. The van der Waals surface area contributed by atoms with Crippen molar-refractivity contribution in [3.8, 4) is 0 Å². The molecule has 1 amide bonds. The van der Waals surface area contributed by atoms with Crippen LogP contribution in [0.3, 0.4) is 0 Å².